The number of thioether (sulfide) groups is 1. The molecule has 1 atom stereocenters. The number of benzene rings is 1. The average molecular weight is 476 g/mol. The van der Waals surface area contributed by atoms with Gasteiger partial charge in [0.25, 0.3) is 0 Å². The van der Waals surface area contributed by atoms with E-state index in [4.69, 9.17) is 4.99 Å². The van der Waals surface area contributed by atoms with Gasteiger partial charge in [-0.1, -0.05) is 17.8 Å². The number of aryl methyl sites for hydroxylation is 1. The number of amides is 2. The van der Waals surface area contributed by atoms with Crippen molar-refractivity contribution in [1.82, 2.24) is 5.32 Å². The highest BCUT2D eigenvalue weighted by molar-refractivity contribution is 9.10. The van der Waals surface area contributed by atoms with E-state index in [0.29, 0.717) is 0 Å². The fraction of sp³-hybridized carbons (Fsp3) is 0.591. The van der Waals surface area contributed by atoms with Crippen LogP contribution in [0.3, 0.4) is 0 Å². The Morgan fingerprint density at radius 2 is 1.90 bits per heavy atom. The maximum Gasteiger partial charge on any atom is 0.240 e. The van der Waals surface area contributed by atoms with E-state index in [1.165, 1.54) is 50.3 Å². The summed E-state index contributed by atoms with van der Waals surface area (Å²) in [4.78, 5) is 30.1. The van der Waals surface area contributed by atoms with Crippen LogP contribution in [0.5, 0.6) is 0 Å². The number of hydrogen-bond donors (Lipinski definition) is 2. The van der Waals surface area contributed by atoms with Crippen LogP contribution in [0.4, 0.5) is 5.69 Å². The molecule has 1 aliphatic heterocycles. The van der Waals surface area contributed by atoms with E-state index in [0.717, 1.165) is 38.6 Å². The zero-order chi connectivity index (χ0) is 20.2. The normalized spacial score (nSPS) is 36.5. The number of nitrogens with one attached hydrogen (secondary N) is 2. The monoisotopic (exact) mass is 475 g/mol. The van der Waals surface area contributed by atoms with Crippen molar-refractivity contribution in [3.05, 3.63) is 28.2 Å². The summed E-state index contributed by atoms with van der Waals surface area (Å²) < 4.78 is 0.846. The number of anilines is 1. The van der Waals surface area contributed by atoms with Crippen molar-refractivity contribution in [2.45, 2.75) is 62.7 Å². The van der Waals surface area contributed by atoms with Crippen molar-refractivity contribution in [1.29, 1.82) is 0 Å². The zero-order valence-electron chi connectivity index (χ0n) is 16.5. The van der Waals surface area contributed by atoms with Gasteiger partial charge in [0.05, 0.1) is 11.2 Å². The molecule has 154 valence electrons. The fourth-order valence-corrected chi connectivity index (χ4v) is 7.77. The maximum absolute atomic E-state index is 12.5. The van der Waals surface area contributed by atoms with E-state index in [1.54, 1.807) is 0 Å². The van der Waals surface area contributed by atoms with Crippen molar-refractivity contribution in [3.63, 3.8) is 0 Å². The number of rotatable bonds is 4. The molecule has 0 radical (unpaired) electrons. The van der Waals surface area contributed by atoms with Gasteiger partial charge in [-0.3, -0.25) is 14.6 Å². The van der Waals surface area contributed by atoms with Crippen LogP contribution < -0.4 is 10.6 Å². The molecule has 1 aromatic carbocycles. The summed E-state index contributed by atoms with van der Waals surface area (Å²) in [6.45, 7) is 2.00. The van der Waals surface area contributed by atoms with Crippen LogP contribution in [0, 0.1) is 24.7 Å². The fourth-order valence-electron chi connectivity index (χ4n) is 6.10. The highest BCUT2D eigenvalue weighted by atomic mass is 79.9. The second kappa shape index (κ2) is 7.41. The summed E-state index contributed by atoms with van der Waals surface area (Å²) in [5.41, 5.74) is 1.88. The molecule has 4 saturated carbocycles. The number of nitrogens with zero attached hydrogens (tertiary/aromatic N) is 1. The SMILES string of the molecule is Cc1ccc(NC(=O)CC2SC(=NC34CC5CC(CC(C5)C3)C4)NC2=O)c(Br)c1. The van der Waals surface area contributed by atoms with Crippen molar-refractivity contribution >= 4 is 50.4 Å². The second-order valence-corrected chi connectivity index (χ2v) is 11.4. The lowest BCUT2D eigenvalue weighted by Gasteiger charge is -2.55. The zero-order valence-corrected chi connectivity index (χ0v) is 18.9. The Kier molecular flexibility index (Phi) is 5.01. The summed E-state index contributed by atoms with van der Waals surface area (Å²) in [5, 5.41) is 6.18. The molecule has 1 unspecified atom stereocenters. The molecule has 5 aliphatic rings. The molecule has 0 aromatic heterocycles. The number of carbonyl (C=O) groups is 2. The van der Waals surface area contributed by atoms with Crippen LogP contribution in [-0.4, -0.2) is 27.8 Å². The minimum Gasteiger partial charge on any atom is -0.325 e. The van der Waals surface area contributed by atoms with Crippen molar-refractivity contribution in [2.75, 3.05) is 5.32 Å². The molecule has 6 rings (SSSR count). The number of carbonyl (C=O) groups excluding carboxylic acids is 2. The molecule has 4 bridgehead atoms. The third-order valence-corrected chi connectivity index (χ3v) is 8.63. The number of halogens is 1. The second-order valence-electron chi connectivity index (χ2n) is 9.39. The highest BCUT2D eigenvalue weighted by Crippen LogP contribution is 2.57. The van der Waals surface area contributed by atoms with Crippen LogP contribution in [0.1, 0.15) is 50.5 Å². The lowest BCUT2D eigenvalue weighted by atomic mass is 9.53. The Balaban J connectivity index is 1.24. The average Bonchev–Trinajstić information content (AvgIpc) is 2.94. The third kappa shape index (κ3) is 4.00. The first kappa shape index (κ1) is 19.6. The summed E-state index contributed by atoms with van der Waals surface area (Å²) in [5.74, 6) is 2.21. The first-order chi connectivity index (χ1) is 13.9. The van der Waals surface area contributed by atoms with Gasteiger partial charge in [0.15, 0.2) is 5.17 Å². The topological polar surface area (TPSA) is 70.6 Å². The van der Waals surface area contributed by atoms with Crippen LogP contribution >= 0.6 is 27.7 Å². The van der Waals surface area contributed by atoms with Crippen LogP contribution in [0.25, 0.3) is 0 Å². The maximum atomic E-state index is 12.5. The lowest BCUT2D eigenvalue weighted by molar-refractivity contribution is -0.122. The molecule has 2 N–H and O–H groups in total. The summed E-state index contributed by atoms with van der Waals surface area (Å²) >= 11 is 4.91. The number of hydrogen-bond acceptors (Lipinski definition) is 4. The van der Waals surface area contributed by atoms with Crippen molar-refractivity contribution in [3.8, 4) is 0 Å². The quantitative estimate of drug-likeness (QED) is 0.665. The number of amidine groups is 1. The van der Waals surface area contributed by atoms with E-state index in [9.17, 15) is 9.59 Å². The molecule has 7 heteroatoms. The first-order valence-corrected chi connectivity index (χ1v) is 12.2. The molecular weight excluding hydrogens is 450 g/mol. The highest BCUT2D eigenvalue weighted by Gasteiger charge is 2.51. The largest absolute Gasteiger partial charge is 0.325 e. The van der Waals surface area contributed by atoms with Crippen LogP contribution in [0.15, 0.2) is 27.7 Å². The molecule has 1 heterocycles. The predicted molar refractivity (Wildman–Crippen MR) is 120 cm³/mol. The molecule has 2 amide bonds. The minimum absolute atomic E-state index is 0.0360. The van der Waals surface area contributed by atoms with Crippen LogP contribution in [-0.2, 0) is 9.59 Å². The molecule has 0 spiro atoms. The van der Waals surface area contributed by atoms with Gasteiger partial charge < -0.3 is 10.6 Å². The summed E-state index contributed by atoms with van der Waals surface area (Å²) in [7, 11) is 0. The van der Waals surface area contributed by atoms with E-state index in [2.05, 4.69) is 26.6 Å². The van der Waals surface area contributed by atoms with Crippen LogP contribution in [0.2, 0.25) is 0 Å². The van der Waals surface area contributed by atoms with Gasteiger partial charge in [0.2, 0.25) is 11.8 Å². The van der Waals surface area contributed by atoms with Gasteiger partial charge in [-0.2, -0.15) is 0 Å². The molecule has 29 heavy (non-hydrogen) atoms. The molecular formula is C22H26BrN3O2S. The molecule has 4 aliphatic carbocycles. The Morgan fingerprint density at radius 3 is 2.52 bits per heavy atom. The van der Waals surface area contributed by atoms with E-state index in [1.807, 2.05) is 25.1 Å². The standard InChI is InChI=1S/C22H26BrN3O2S/c1-12-2-3-17(16(23)4-12)24-19(27)8-18-20(28)25-21(29-18)26-22-9-13-5-14(10-22)7-15(6-13)11-22/h2-4,13-15,18H,5-11H2,1H3,(H,24,27)(H,25,26,28). The molecule has 1 saturated heterocycles. The molecule has 1 aromatic rings. The summed E-state index contributed by atoms with van der Waals surface area (Å²) in [6, 6.07) is 5.79. The van der Waals surface area contributed by atoms with Crippen molar-refractivity contribution in [2.24, 2.45) is 22.7 Å². The molecule has 5 nitrogen and oxygen atoms in total. The van der Waals surface area contributed by atoms with Gasteiger partial charge >= 0.3 is 0 Å². The van der Waals surface area contributed by atoms with Gasteiger partial charge in [-0.25, -0.2) is 0 Å². The summed E-state index contributed by atoms with van der Waals surface area (Å²) in [6.07, 6.45) is 7.79. The van der Waals surface area contributed by atoms with Crippen molar-refractivity contribution < 1.29 is 9.59 Å². The van der Waals surface area contributed by atoms with Gasteiger partial charge in [-0.05, 0) is 96.8 Å². The Hall–Kier alpha value is -1.34. The minimum atomic E-state index is -0.410. The third-order valence-electron chi connectivity index (χ3n) is 6.89. The Labute approximate surface area is 184 Å². The predicted octanol–water partition coefficient (Wildman–Crippen LogP) is 4.64. The smallest absolute Gasteiger partial charge is 0.240 e. The Bertz CT molecular complexity index is 865. The van der Waals surface area contributed by atoms with E-state index in [-0.39, 0.29) is 23.8 Å². The van der Waals surface area contributed by atoms with E-state index >= 15 is 0 Å². The first-order valence-electron chi connectivity index (χ1n) is 10.5. The molecule has 5 fully saturated rings. The van der Waals surface area contributed by atoms with Gasteiger partial charge in [0, 0.05) is 10.9 Å². The Morgan fingerprint density at radius 1 is 1.24 bits per heavy atom. The van der Waals surface area contributed by atoms with Gasteiger partial charge in [-0.15, -0.1) is 0 Å². The van der Waals surface area contributed by atoms with Gasteiger partial charge in [0.1, 0.15) is 5.25 Å². The lowest BCUT2D eigenvalue weighted by Crippen LogP contribution is -2.50. The number of aliphatic imine (C=N–C) groups is 1. The van der Waals surface area contributed by atoms with E-state index < -0.39 is 5.25 Å².